The molecule has 4 rings (SSSR count). The molecular formula is C20H26N4O2S. The SMILES string of the molecule is Cc1nc(N2CCCC2)nc(C)c1NS(=O)(=O)c1ccc2c(c1)CCCC2. The molecule has 27 heavy (non-hydrogen) atoms. The van der Waals surface area contributed by atoms with E-state index < -0.39 is 10.0 Å². The number of sulfonamides is 1. The fraction of sp³-hybridized carbons (Fsp3) is 0.500. The molecule has 1 aliphatic heterocycles. The maximum absolute atomic E-state index is 13.0. The Morgan fingerprint density at radius 1 is 0.926 bits per heavy atom. The summed E-state index contributed by atoms with van der Waals surface area (Å²) in [5.41, 5.74) is 4.22. The standard InChI is InChI=1S/C20H26N4O2S/c1-14-19(15(2)22-20(21-14)24-11-5-6-12-24)23-27(25,26)18-10-9-16-7-3-4-8-17(16)13-18/h9-10,13,23H,3-8,11-12H2,1-2H3. The van der Waals surface area contributed by atoms with Crippen LogP contribution in [-0.4, -0.2) is 31.5 Å². The van der Waals surface area contributed by atoms with Crippen molar-refractivity contribution >= 4 is 21.7 Å². The minimum atomic E-state index is -3.67. The van der Waals surface area contributed by atoms with Crippen molar-refractivity contribution < 1.29 is 8.42 Å². The Hall–Kier alpha value is -2.15. The first-order chi connectivity index (χ1) is 12.9. The zero-order valence-corrected chi connectivity index (χ0v) is 16.8. The zero-order chi connectivity index (χ0) is 19.0. The van der Waals surface area contributed by atoms with Gasteiger partial charge in [0, 0.05) is 13.1 Å². The van der Waals surface area contributed by atoms with E-state index in [0.717, 1.165) is 50.8 Å². The lowest BCUT2D eigenvalue weighted by molar-refractivity contribution is 0.600. The van der Waals surface area contributed by atoms with Crippen LogP contribution >= 0.6 is 0 Å². The van der Waals surface area contributed by atoms with Crippen molar-refractivity contribution in [3.05, 3.63) is 40.7 Å². The fourth-order valence-electron chi connectivity index (χ4n) is 3.98. The van der Waals surface area contributed by atoms with Crippen LogP contribution in [0.3, 0.4) is 0 Å². The van der Waals surface area contributed by atoms with E-state index in [1.54, 1.807) is 6.07 Å². The van der Waals surface area contributed by atoms with Crippen molar-refractivity contribution in [2.45, 2.75) is 57.3 Å². The van der Waals surface area contributed by atoms with Crippen LogP contribution < -0.4 is 9.62 Å². The Bertz CT molecular complexity index is 943. The summed E-state index contributed by atoms with van der Waals surface area (Å²) in [5, 5.41) is 0. The highest BCUT2D eigenvalue weighted by molar-refractivity contribution is 7.92. The fourth-order valence-corrected chi connectivity index (χ4v) is 5.20. The molecule has 1 aromatic heterocycles. The molecule has 0 radical (unpaired) electrons. The number of aryl methyl sites for hydroxylation is 4. The Morgan fingerprint density at radius 3 is 2.22 bits per heavy atom. The Balaban J connectivity index is 1.62. The molecule has 0 bridgehead atoms. The predicted molar refractivity (Wildman–Crippen MR) is 107 cm³/mol. The van der Waals surface area contributed by atoms with E-state index in [4.69, 9.17) is 0 Å². The maximum Gasteiger partial charge on any atom is 0.262 e. The number of nitrogens with zero attached hydrogens (tertiary/aromatic N) is 3. The van der Waals surface area contributed by atoms with Gasteiger partial charge in [0.15, 0.2) is 0 Å². The number of benzene rings is 1. The molecule has 7 heteroatoms. The summed E-state index contributed by atoms with van der Waals surface area (Å²) in [5.74, 6) is 0.694. The third-order valence-corrected chi connectivity index (χ3v) is 6.86. The molecule has 0 atom stereocenters. The highest BCUT2D eigenvalue weighted by Crippen LogP contribution is 2.28. The summed E-state index contributed by atoms with van der Waals surface area (Å²) < 4.78 is 28.6. The van der Waals surface area contributed by atoms with Gasteiger partial charge in [0.1, 0.15) is 0 Å². The normalized spacial score (nSPS) is 17.0. The van der Waals surface area contributed by atoms with E-state index in [-0.39, 0.29) is 0 Å². The maximum atomic E-state index is 13.0. The molecule has 0 saturated carbocycles. The monoisotopic (exact) mass is 386 g/mol. The highest BCUT2D eigenvalue weighted by atomic mass is 32.2. The number of anilines is 2. The van der Waals surface area contributed by atoms with Gasteiger partial charge in [0.25, 0.3) is 10.0 Å². The second-order valence-corrected chi connectivity index (χ2v) is 9.19. The van der Waals surface area contributed by atoms with Crippen LogP contribution in [0.15, 0.2) is 23.1 Å². The number of hydrogen-bond acceptors (Lipinski definition) is 5. The zero-order valence-electron chi connectivity index (χ0n) is 16.0. The lowest BCUT2D eigenvalue weighted by atomic mass is 9.92. The van der Waals surface area contributed by atoms with E-state index in [1.807, 2.05) is 26.0 Å². The third-order valence-electron chi connectivity index (χ3n) is 5.51. The lowest BCUT2D eigenvalue weighted by Crippen LogP contribution is -2.22. The van der Waals surface area contributed by atoms with Crippen LogP contribution in [0, 0.1) is 13.8 Å². The summed E-state index contributed by atoms with van der Waals surface area (Å²) in [6.45, 7) is 5.58. The number of fused-ring (bicyclic) bond motifs is 1. The molecule has 1 saturated heterocycles. The molecule has 144 valence electrons. The minimum absolute atomic E-state index is 0.311. The minimum Gasteiger partial charge on any atom is -0.341 e. The molecule has 0 amide bonds. The molecule has 0 spiro atoms. The first-order valence-corrected chi connectivity index (χ1v) is 11.2. The van der Waals surface area contributed by atoms with E-state index >= 15 is 0 Å². The predicted octanol–water partition coefficient (Wildman–Crippen LogP) is 3.37. The first-order valence-electron chi connectivity index (χ1n) is 9.69. The van der Waals surface area contributed by atoms with Crippen LogP contribution in [0.4, 0.5) is 11.6 Å². The van der Waals surface area contributed by atoms with E-state index in [2.05, 4.69) is 19.6 Å². The Kier molecular flexibility index (Phi) is 4.80. The van der Waals surface area contributed by atoms with Gasteiger partial charge in [0.2, 0.25) is 5.95 Å². The average Bonchev–Trinajstić information content (AvgIpc) is 3.19. The van der Waals surface area contributed by atoms with Crippen LogP contribution in [0.2, 0.25) is 0 Å². The van der Waals surface area contributed by atoms with Crippen molar-refractivity contribution in [3.63, 3.8) is 0 Å². The van der Waals surface area contributed by atoms with Gasteiger partial charge in [-0.05, 0) is 75.6 Å². The quantitative estimate of drug-likeness (QED) is 0.872. The molecule has 1 aromatic carbocycles. The van der Waals surface area contributed by atoms with E-state index in [1.165, 1.54) is 12.0 Å². The van der Waals surface area contributed by atoms with Gasteiger partial charge in [-0.15, -0.1) is 0 Å². The smallest absolute Gasteiger partial charge is 0.262 e. The summed E-state index contributed by atoms with van der Waals surface area (Å²) in [4.78, 5) is 11.6. The number of aromatic nitrogens is 2. The Morgan fingerprint density at radius 2 is 1.56 bits per heavy atom. The summed E-state index contributed by atoms with van der Waals surface area (Å²) in [7, 11) is -3.67. The van der Waals surface area contributed by atoms with Gasteiger partial charge in [0.05, 0.1) is 22.0 Å². The molecule has 0 unspecified atom stereocenters. The molecule has 1 aliphatic carbocycles. The summed E-state index contributed by atoms with van der Waals surface area (Å²) in [6.07, 6.45) is 6.57. The van der Waals surface area contributed by atoms with E-state index in [0.29, 0.717) is 27.9 Å². The largest absolute Gasteiger partial charge is 0.341 e. The average molecular weight is 387 g/mol. The van der Waals surface area contributed by atoms with Crippen LogP contribution in [-0.2, 0) is 22.9 Å². The molecule has 6 nitrogen and oxygen atoms in total. The number of hydrogen-bond donors (Lipinski definition) is 1. The van der Waals surface area contributed by atoms with Crippen LogP contribution in [0.1, 0.15) is 48.2 Å². The Labute approximate surface area is 161 Å². The third kappa shape index (κ3) is 3.65. The molecule has 2 heterocycles. The molecule has 2 aromatic rings. The molecule has 1 fully saturated rings. The summed E-state index contributed by atoms with van der Waals surface area (Å²) in [6, 6.07) is 5.48. The van der Waals surface area contributed by atoms with Gasteiger partial charge in [-0.1, -0.05) is 6.07 Å². The number of nitrogens with one attached hydrogen (secondary N) is 1. The molecule has 1 N–H and O–H groups in total. The van der Waals surface area contributed by atoms with Gasteiger partial charge in [-0.25, -0.2) is 18.4 Å². The van der Waals surface area contributed by atoms with Crippen molar-refractivity contribution in [2.24, 2.45) is 0 Å². The topological polar surface area (TPSA) is 75.2 Å². The second-order valence-electron chi connectivity index (χ2n) is 7.51. The first kappa shape index (κ1) is 18.2. The second kappa shape index (κ2) is 7.11. The highest BCUT2D eigenvalue weighted by Gasteiger charge is 2.22. The van der Waals surface area contributed by atoms with Gasteiger partial charge >= 0.3 is 0 Å². The van der Waals surface area contributed by atoms with Crippen molar-refractivity contribution in [1.82, 2.24) is 9.97 Å². The van der Waals surface area contributed by atoms with Crippen LogP contribution in [0.5, 0.6) is 0 Å². The van der Waals surface area contributed by atoms with Gasteiger partial charge in [-0.3, -0.25) is 4.72 Å². The van der Waals surface area contributed by atoms with E-state index in [9.17, 15) is 8.42 Å². The van der Waals surface area contributed by atoms with Crippen molar-refractivity contribution in [1.29, 1.82) is 0 Å². The molecule has 2 aliphatic rings. The summed E-state index contributed by atoms with van der Waals surface area (Å²) >= 11 is 0. The van der Waals surface area contributed by atoms with Gasteiger partial charge < -0.3 is 4.90 Å². The van der Waals surface area contributed by atoms with Crippen molar-refractivity contribution in [3.8, 4) is 0 Å². The van der Waals surface area contributed by atoms with Crippen LogP contribution in [0.25, 0.3) is 0 Å². The van der Waals surface area contributed by atoms with Gasteiger partial charge in [-0.2, -0.15) is 0 Å². The number of rotatable bonds is 4. The molecular weight excluding hydrogens is 360 g/mol. The van der Waals surface area contributed by atoms with Crippen molar-refractivity contribution in [2.75, 3.05) is 22.7 Å². The lowest BCUT2D eigenvalue weighted by Gasteiger charge is -2.20.